The van der Waals surface area contributed by atoms with Gasteiger partial charge in [0.15, 0.2) is 0 Å². The van der Waals surface area contributed by atoms with Crippen molar-refractivity contribution in [3.05, 3.63) is 35.2 Å². The van der Waals surface area contributed by atoms with Crippen LogP contribution in [-0.4, -0.2) is 13.8 Å². The summed E-state index contributed by atoms with van der Waals surface area (Å²) in [7, 11) is 1.58. The highest BCUT2D eigenvalue weighted by atomic mass is 79.9. The molecular weight excluding hydrogens is 235 g/mol. The molecule has 3 heteroatoms. The highest BCUT2D eigenvalue weighted by Gasteiger charge is 2.07. The second kappa shape index (κ2) is 4.61. The predicted octanol–water partition coefficient (Wildman–Crippen LogP) is 3.34. The van der Waals surface area contributed by atoms with Gasteiger partial charge in [0.05, 0.1) is 13.8 Å². The van der Waals surface area contributed by atoms with Crippen LogP contribution in [-0.2, 0) is 0 Å². The molecular formula is C10H11BrFO. The van der Waals surface area contributed by atoms with Gasteiger partial charge in [-0.3, -0.25) is 4.39 Å². The zero-order valence-corrected chi connectivity index (χ0v) is 8.97. The maximum atomic E-state index is 12.3. The van der Waals surface area contributed by atoms with Gasteiger partial charge in [-0.25, -0.2) is 0 Å². The first-order valence-electron chi connectivity index (χ1n) is 3.91. The van der Waals surface area contributed by atoms with E-state index in [9.17, 15) is 4.39 Å². The van der Waals surface area contributed by atoms with E-state index in [-0.39, 0.29) is 5.92 Å². The Hall–Kier alpha value is -0.570. The van der Waals surface area contributed by atoms with Crippen LogP contribution < -0.4 is 4.74 Å². The van der Waals surface area contributed by atoms with Gasteiger partial charge in [-0.1, -0.05) is 15.9 Å². The third-order valence-corrected chi connectivity index (χ3v) is 2.24. The number of alkyl halides is 1. The average Bonchev–Trinajstić information content (AvgIpc) is 2.15. The van der Waals surface area contributed by atoms with Crippen LogP contribution in [0, 0.1) is 6.92 Å². The normalized spacial score (nSPS) is 12.6. The summed E-state index contributed by atoms with van der Waals surface area (Å²) in [5.41, 5.74) is 0.841. The molecule has 0 N–H and O–H groups in total. The van der Waals surface area contributed by atoms with Crippen molar-refractivity contribution in [2.45, 2.75) is 5.92 Å². The fourth-order valence-electron chi connectivity index (χ4n) is 1.03. The Morgan fingerprint density at radius 2 is 2.23 bits per heavy atom. The summed E-state index contributed by atoms with van der Waals surface area (Å²) in [5.74, 6) is 0.387. The summed E-state index contributed by atoms with van der Waals surface area (Å²) in [6.45, 7) is 3.23. The lowest BCUT2D eigenvalue weighted by Gasteiger charge is -2.09. The van der Waals surface area contributed by atoms with Crippen LogP contribution >= 0.6 is 15.9 Å². The summed E-state index contributed by atoms with van der Waals surface area (Å²) in [6.07, 6.45) is 0. The fourth-order valence-corrected chi connectivity index (χ4v) is 1.52. The van der Waals surface area contributed by atoms with Gasteiger partial charge in [-0.2, -0.15) is 0 Å². The molecule has 0 saturated carbocycles. The summed E-state index contributed by atoms with van der Waals surface area (Å²) < 4.78 is 18.2. The van der Waals surface area contributed by atoms with E-state index < -0.39 is 6.67 Å². The van der Waals surface area contributed by atoms with Gasteiger partial charge in [0, 0.05) is 10.4 Å². The van der Waals surface area contributed by atoms with E-state index >= 15 is 0 Å². The second-order valence-electron chi connectivity index (χ2n) is 2.78. The molecule has 0 heterocycles. The fraction of sp³-hybridized carbons (Fsp3) is 0.300. The first-order chi connectivity index (χ1) is 6.17. The Bertz CT molecular complexity index is 288. The number of methoxy groups -OCH3 is 1. The van der Waals surface area contributed by atoms with Crippen molar-refractivity contribution in [3.63, 3.8) is 0 Å². The first-order valence-corrected chi connectivity index (χ1v) is 4.70. The molecule has 0 spiro atoms. The monoisotopic (exact) mass is 245 g/mol. The van der Waals surface area contributed by atoms with Crippen LogP contribution in [0.2, 0.25) is 0 Å². The minimum atomic E-state index is -0.459. The quantitative estimate of drug-likeness (QED) is 0.794. The average molecular weight is 246 g/mol. The molecule has 1 rings (SSSR count). The lowest BCUT2D eigenvalue weighted by molar-refractivity contribution is 0.412. The minimum absolute atomic E-state index is 0.327. The number of hydrogen-bond acceptors (Lipinski definition) is 1. The molecule has 0 amide bonds. The number of rotatable bonds is 3. The molecule has 0 aliphatic carbocycles. The van der Waals surface area contributed by atoms with Crippen molar-refractivity contribution < 1.29 is 9.13 Å². The smallest absolute Gasteiger partial charge is 0.120 e. The van der Waals surface area contributed by atoms with E-state index in [0.29, 0.717) is 5.75 Å². The van der Waals surface area contributed by atoms with Crippen LogP contribution in [0.4, 0.5) is 4.39 Å². The maximum Gasteiger partial charge on any atom is 0.120 e. The van der Waals surface area contributed by atoms with Crippen molar-refractivity contribution in [2.75, 3.05) is 13.8 Å². The molecule has 0 aliphatic rings. The van der Waals surface area contributed by atoms with Crippen LogP contribution in [0.15, 0.2) is 22.7 Å². The molecule has 0 bridgehead atoms. The van der Waals surface area contributed by atoms with Crippen LogP contribution in [0.3, 0.4) is 0 Å². The molecule has 0 aromatic heterocycles. The van der Waals surface area contributed by atoms with Gasteiger partial charge in [0.1, 0.15) is 5.75 Å². The Morgan fingerprint density at radius 3 is 2.77 bits per heavy atom. The van der Waals surface area contributed by atoms with Gasteiger partial charge in [0.2, 0.25) is 0 Å². The molecule has 71 valence electrons. The molecule has 0 aliphatic heterocycles. The SMILES string of the molecule is [CH2]C(CF)c1cc(Br)cc(OC)c1. The first kappa shape index (κ1) is 10.5. The van der Waals surface area contributed by atoms with E-state index in [2.05, 4.69) is 22.9 Å². The van der Waals surface area contributed by atoms with Gasteiger partial charge in [0.25, 0.3) is 0 Å². The number of hydrogen-bond donors (Lipinski definition) is 0. The zero-order chi connectivity index (χ0) is 9.84. The van der Waals surface area contributed by atoms with E-state index in [1.807, 2.05) is 12.1 Å². The molecule has 1 nitrogen and oxygen atoms in total. The summed E-state index contributed by atoms with van der Waals surface area (Å²) in [5, 5.41) is 0. The van der Waals surface area contributed by atoms with E-state index in [4.69, 9.17) is 4.74 Å². The zero-order valence-electron chi connectivity index (χ0n) is 7.39. The van der Waals surface area contributed by atoms with Gasteiger partial charge < -0.3 is 4.74 Å². The maximum absolute atomic E-state index is 12.3. The molecule has 1 aromatic rings. The van der Waals surface area contributed by atoms with Crippen LogP contribution in [0.1, 0.15) is 11.5 Å². The van der Waals surface area contributed by atoms with Crippen molar-refractivity contribution in [1.82, 2.24) is 0 Å². The summed E-state index contributed by atoms with van der Waals surface area (Å²) in [4.78, 5) is 0. The van der Waals surface area contributed by atoms with E-state index in [1.54, 1.807) is 13.2 Å². The van der Waals surface area contributed by atoms with Gasteiger partial charge in [-0.15, -0.1) is 0 Å². The third-order valence-electron chi connectivity index (χ3n) is 1.79. The summed E-state index contributed by atoms with van der Waals surface area (Å²) in [6, 6.07) is 5.47. The number of ether oxygens (including phenoxy) is 1. The van der Waals surface area contributed by atoms with Crippen molar-refractivity contribution >= 4 is 15.9 Å². The third kappa shape index (κ3) is 2.69. The highest BCUT2D eigenvalue weighted by Crippen LogP contribution is 2.26. The van der Waals surface area contributed by atoms with E-state index in [0.717, 1.165) is 10.0 Å². The number of benzene rings is 1. The standard InChI is InChI=1S/C10H11BrFO/c1-7(6-12)8-3-9(11)5-10(4-8)13-2/h3-5,7H,1,6H2,2H3. The van der Waals surface area contributed by atoms with E-state index in [1.165, 1.54) is 0 Å². The molecule has 1 aromatic carbocycles. The summed E-state index contributed by atoms with van der Waals surface area (Å²) >= 11 is 3.32. The molecule has 1 unspecified atom stereocenters. The largest absolute Gasteiger partial charge is 0.497 e. The lowest BCUT2D eigenvalue weighted by Crippen LogP contribution is -1.96. The Kier molecular flexibility index (Phi) is 3.72. The molecule has 0 fully saturated rings. The number of halogens is 2. The second-order valence-corrected chi connectivity index (χ2v) is 3.69. The molecule has 1 radical (unpaired) electrons. The lowest BCUT2D eigenvalue weighted by atomic mass is 10.0. The Morgan fingerprint density at radius 1 is 1.54 bits per heavy atom. The van der Waals surface area contributed by atoms with Gasteiger partial charge >= 0.3 is 0 Å². The van der Waals surface area contributed by atoms with Crippen molar-refractivity contribution in [3.8, 4) is 5.75 Å². The van der Waals surface area contributed by atoms with Gasteiger partial charge in [-0.05, 0) is 30.7 Å². The topological polar surface area (TPSA) is 9.23 Å². The minimum Gasteiger partial charge on any atom is -0.497 e. The molecule has 1 atom stereocenters. The predicted molar refractivity (Wildman–Crippen MR) is 54.8 cm³/mol. The van der Waals surface area contributed by atoms with Crippen LogP contribution in [0.5, 0.6) is 5.75 Å². The van der Waals surface area contributed by atoms with Crippen LogP contribution in [0.25, 0.3) is 0 Å². The molecule has 0 saturated heterocycles. The molecule has 13 heavy (non-hydrogen) atoms. The Labute approximate surface area is 86.0 Å². The van der Waals surface area contributed by atoms with Crippen molar-refractivity contribution in [1.29, 1.82) is 0 Å². The van der Waals surface area contributed by atoms with Crippen molar-refractivity contribution in [2.24, 2.45) is 0 Å². The highest BCUT2D eigenvalue weighted by molar-refractivity contribution is 9.10. The Balaban J connectivity index is 3.01.